The molecule has 37 heavy (non-hydrogen) atoms. The van der Waals surface area contributed by atoms with Gasteiger partial charge in [0.05, 0.1) is 6.61 Å². The molecule has 1 amide bonds. The lowest BCUT2D eigenvalue weighted by atomic mass is 9.84. The number of aliphatic hydroxyl groups excluding tert-OH is 1. The summed E-state index contributed by atoms with van der Waals surface area (Å²) in [6.07, 6.45) is 2.54. The molecule has 0 saturated heterocycles. The zero-order valence-electron chi connectivity index (χ0n) is 20.6. The van der Waals surface area contributed by atoms with Gasteiger partial charge in [0.15, 0.2) is 11.6 Å². The summed E-state index contributed by atoms with van der Waals surface area (Å²) in [5.41, 5.74) is 1.35. The lowest BCUT2D eigenvalue weighted by Gasteiger charge is -2.29. The highest BCUT2D eigenvalue weighted by molar-refractivity contribution is 6.31. The van der Waals surface area contributed by atoms with Crippen LogP contribution in [0.5, 0.6) is 5.75 Å². The Labute approximate surface area is 222 Å². The second-order valence-corrected chi connectivity index (χ2v) is 9.20. The summed E-state index contributed by atoms with van der Waals surface area (Å²) in [5, 5.41) is 12.7. The van der Waals surface area contributed by atoms with Crippen LogP contribution in [0.25, 0.3) is 0 Å². The third-order valence-electron chi connectivity index (χ3n) is 6.23. The van der Waals surface area contributed by atoms with Gasteiger partial charge in [0.1, 0.15) is 5.75 Å². The van der Waals surface area contributed by atoms with E-state index in [4.69, 9.17) is 31.2 Å². The Morgan fingerprint density at radius 2 is 1.84 bits per heavy atom. The molecule has 2 atom stereocenters. The van der Waals surface area contributed by atoms with Crippen molar-refractivity contribution in [2.24, 2.45) is 4.99 Å². The fraction of sp³-hybridized carbons (Fsp3) is 0.267. The maximum absolute atomic E-state index is 13.8. The summed E-state index contributed by atoms with van der Waals surface area (Å²) in [4.78, 5) is 18.7. The molecule has 0 unspecified atom stereocenters. The monoisotopic (exact) mass is 518 g/mol. The van der Waals surface area contributed by atoms with Gasteiger partial charge < -0.3 is 19.9 Å². The molecule has 1 aliphatic heterocycles. The number of aliphatic imine (C=N–C) groups is 1. The Kier molecular flexibility index (Phi) is 8.99. The molecule has 1 aliphatic rings. The van der Waals surface area contributed by atoms with E-state index in [1.807, 2.05) is 78.9 Å². The van der Waals surface area contributed by atoms with Gasteiger partial charge in [0, 0.05) is 36.6 Å². The number of amides is 1. The van der Waals surface area contributed by atoms with Crippen LogP contribution in [0.15, 0.2) is 96.5 Å². The molecule has 3 aromatic rings. The molecule has 1 heterocycles. The molecule has 4 rings (SSSR count). The number of nitrogens with zero attached hydrogens (tertiary/aromatic N) is 1. The molecule has 0 saturated carbocycles. The lowest BCUT2D eigenvalue weighted by Crippen LogP contribution is -2.48. The van der Waals surface area contributed by atoms with Gasteiger partial charge in [0.25, 0.3) is 5.91 Å². The van der Waals surface area contributed by atoms with Crippen LogP contribution in [0.1, 0.15) is 35.6 Å². The summed E-state index contributed by atoms with van der Waals surface area (Å²) >= 11 is 6.29. The molecule has 192 valence electrons. The molecule has 3 aromatic carbocycles. The average Bonchev–Trinajstić information content (AvgIpc) is 3.31. The Hall–Kier alpha value is -3.61. The zero-order valence-corrected chi connectivity index (χ0v) is 21.4. The number of carbonyl (C=O) groups is 1. The van der Waals surface area contributed by atoms with Crippen molar-refractivity contribution in [3.05, 3.63) is 113 Å². The van der Waals surface area contributed by atoms with Crippen molar-refractivity contribution in [1.82, 2.24) is 5.32 Å². The summed E-state index contributed by atoms with van der Waals surface area (Å²) in [5.74, 6) is 0.844. The van der Waals surface area contributed by atoms with E-state index in [0.717, 1.165) is 16.7 Å². The van der Waals surface area contributed by atoms with Gasteiger partial charge in [0.2, 0.25) is 5.90 Å². The number of ether oxygens (including phenoxy) is 2. The van der Waals surface area contributed by atoms with Crippen molar-refractivity contribution in [3.8, 4) is 5.75 Å². The Balaban J connectivity index is 1.60. The zero-order chi connectivity index (χ0) is 26.1. The van der Waals surface area contributed by atoms with Crippen LogP contribution in [0, 0.1) is 0 Å². The van der Waals surface area contributed by atoms with Gasteiger partial charge in [-0.1, -0.05) is 66.2 Å². The predicted octanol–water partition coefficient (Wildman–Crippen LogP) is 5.29. The van der Waals surface area contributed by atoms with Crippen LogP contribution in [0.2, 0.25) is 5.02 Å². The SMILES string of the molecule is C=CC[C@@]1(C(=O)NCCc2ccccc2Cl)N=C(c2ccc(OCCCO)cc2)O[C@@H]1c1ccccc1. The largest absolute Gasteiger partial charge is 0.494 e. The fourth-order valence-electron chi connectivity index (χ4n) is 4.33. The molecule has 6 nitrogen and oxygen atoms in total. The molecule has 0 fully saturated rings. The van der Waals surface area contributed by atoms with Gasteiger partial charge in [-0.05, 0) is 47.9 Å². The van der Waals surface area contributed by atoms with Gasteiger partial charge in [-0.15, -0.1) is 6.58 Å². The van der Waals surface area contributed by atoms with E-state index in [2.05, 4.69) is 11.9 Å². The molecule has 0 bridgehead atoms. The lowest BCUT2D eigenvalue weighted by molar-refractivity contribution is -0.128. The summed E-state index contributed by atoms with van der Waals surface area (Å²) < 4.78 is 12.0. The second kappa shape index (κ2) is 12.6. The first kappa shape index (κ1) is 26.5. The van der Waals surface area contributed by atoms with Crippen molar-refractivity contribution in [1.29, 1.82) is 0 Å². The number of rotatable bonds is 12. The van der Waals surface area contributed by atoms with E-state index in [1.54, 1.807) is 6.08 Å². The highest BCUT2D eigenvalue weighted by Crippen LogP contribution is 2.42. The standard InChI is InChI=1S/C30H31ClN2O4/c1-2-18-30(29(35)32-19-17-22-9-6-7-12-26(22)31)27(23-10-4-3-5-11-23)37-28(33-30)24-13-15-25(16-14-24)36-21-8-20-34/h2-7,9-16,27,34H,1,8,17-21H2,(H,32,35)/t27-,30-/m1/s1. The molecule has 7 heteroatoms. The van der Waals surface area contributed by atoms with Crippen LogP contribution < -0.4 is 10.1 Å². The number of benzene rings is 3. The molecule has 0 aliphatic carbocycles. The highest BCUT2D eigenvalue weighted by Gasteiger charge is 2.52. The van der Waals surface area contributed by atoms with Gasteiger partial charge in [-0.3, -0.25) is 4.79 Å². The van der Waals surface area contributed by atoms with Crippen LogP contribution in [0.3, 0.4) is 0 Å². The van der Waals surface area contributed by atoms with Gasteiger partial charge in [-0.25, -0.2) is 4.99 Å². The van der Waals surface area contributed by atoms with Crippen molar-refractivity contribution >= 4 is 23.4 Å². The number of nitrogens with one attached hydrogen (secondary N) is 1. The third-order valence-corrected chi connectivity index (χ3v) is 6.59. The van der Waals surface area contributed by atoms with E-state index >= 15 is 0 Å². The van der Waals surface area contributed by atoms with Crippen LogP contribution in [0.4, 0.5) is 0 Å². The maximum atomic E-state index is 13.8. The van der Waals surface area contributed by atoms with E-state index in [9.17, 15) is 4.79 Å². The van der Waals surface area contributed by atoms with E-state index in [0.29, 0.717) is 49.1 Å². The highest BCUT2D eigenvalue weighted by atomic mass is 35.5. The predicted molar refractivity (Wildman–Crippen MR) is 146 cm³/mol. The van der Waals surface area contributed by atoms with Crippen LogP contribution in [-0.2, 0) is 16.0 Å². The van der Waals surface area contributed by atoms with Crippen molar-refractivity contribution in [2.75, 3.05) is 19.8 Å². The molecular weight excluding hydrogens is 488 g/mol. The Bertz CT molecular complexity index is 1230. The summed E-state index contributed by atoms with van der Waals surface area (Å²) in [6.45, 7) is 4.83. The van der Waals surface area contributed by atoms with E-state index < -0.39 is 11.6 Å². The first-order valence-electron chi connectivity index (χ1n) is 12.4. The smallest absolute Gasteiger partial charge is 0.252 e. The topological polar surface area (TPSA) is 80.2 Å². The van der Waals surface area contributed by atoms with E-state index in [-0.39, 0.29) is 12.5 Å². The number of carbonyl (C=O) groups excluding carboxylic acids is 1. The number of aliphatic hydroxyl groups is 1. The van der Waals surface area contributed by atoms with Crippen molar-refractivity contribution in [3.63, 3.8) is 0 Å². The molecule has 0 aromatic heterocycles. The summed E-state index contributed by atoms with van der Waals surface area (Å²) in [7, 11) is 0. The quantitative estimate of drug-likeness (QED) is 0.252. The first-order chi connectivity index (χ1) is 18.1. The number of hydrogen-bond acceptors (Lipinski definition) is 5. The summed E-state index contributed by atoms with van der Waals surface area (Å²) in [6, 6.07) is 24.6. The fourth-order valence-corrected chi connectivity index (χ4v) is 4.56. The molecule has 0 spiro atoms. The van der Waals surface area contributed by atoms with Crippen molar-refractivity contribution < 1.29 is 19.4 Å². The minimum absolute atomic E-state index is 0.0788. The minimum atomic E-state index is -1.21. The number of halogens is 1. The number of hydrogen-bond donors (Lipinski definition) is 2. The van der Waals surface area contributed by atoms with Crippen molar-refractivity contribution in [2.45, 2.75) is 30.9 Å². The maximum Gasteiger partial charge on any atom is 0.252 e. The second-order valence-electron chi connectivity index (χ2n) is 8.79. The van der Waals surface area contributed by atoms with Crippen LogP contribution in [-0.4, -0.2) is 42.2 Å². The Morgan fingerprint density at radius 1 is 1.11 bits per heavy atom. The normalized spacial score (nSPS) is 18.5. The first-order valence-corrected chi connectivity index (χ1v) is 12.7. The van der Waals surface area contributed by atoms with E-state index in [1.165, 1.54) is 0 Å². The Morgan fingerprint density at radius 3 is 2.54 bits per heavy atom. The molecule has 2 N–H and O–H groups in total. The minimum Gasteiger partial charge on any atom is -0.494 e. The van der Waals surface area contributed by atoms with Gasteiger partial charge >= 0.3 is 0 Å². The van der Waals surface area contributed by atoms with Gasteiger partial charge in [-0.2, -0.15) is 0 Å². The third kappa shape index (κ3) is 6.21. The van der Waals surface area contributed by atoms with Crippen LogP contribution >= 0.6 is 11.6 Å². The molecular formula is C30H31ClN2O4. The molecule has 0 radical (unpaired) electrons. The average molecular weight is 519 g/mol.